The van der Waals surface area contributed by atoms with Crippen LogP contribution in [0.2, 0.25) is 0 Å². The third-order valence-corrected chi connectivity index (χ3v) is 5.62. The highest BCUT2D eigenvalue weighted by Crippen LogP contribution is 2.29. The van der Waals surface area contributed by atoms with Gasteiger partial charge in [0.1, 0.15) is 17.5 Å². The second-order valence-electron chi connectivity index (χ2n) is 7.99. The SMILES string of the molecule is NC(=O)c1cc(F)c(N[C@@H]2CCCCC2N)nc1Nc1cncc(-c2cc(F)ccc2F)c1. The summed E-state index contributed by atoms with van der Waals surface area (Å²) in [6.45, 7) is 0. The number of carbonyl (C=O) groups excluding carboxylic acids is 1. The molecule has 4 rings (SSSR count). The molecule has 2 aromatic heterocycles. The molecule has 0 radical (unpaired) electrons. The van der Waals surface area contributed by atoms with Gasteiger partial charge in [-0.25, -0.2) is 18.2 Å². The number of pyridine rings is 2. The van der Waals surface area contributed by atoms with Crippen LogP contribution in [0.5, 0.6) is 0 Å². The number of primary amides is 1. The third kappa shape index (κ3) is 5.06. The van der Waals surface area contributed by atoms with Gasteiger partial charge < -0.3 is 22.1 Å². The van der Waals surface area contributed by atoms with Crippen LogP contribution < -0.4 is 22.1 Å². The molecule has 1 aliphatic carbocycles. The van der Waals surface area contributed by atoms with E-state index in [0.717, 1.165) is 49.9 Å². The summed E-state index contributed by atoms with van der Waals surface area (Å²) >= 11 is 0. The highest BCUT2D eigenvalue weighted by Gasteiger charge is 2.24. The summed E-state index contributed by atoms with van der Waals surface area (Å²) in [7, 11) is 0. The predicted molar refractivity (Wildman–Crippen MR) is 119 cm³/mol. The number of amides is 1. The molecule has 1 aromatic carbocycles. The molecule has 10 heteroatoms. The van der Waals surface area contributed by atoms with E-state index in [0.29, 0.717) is 11.3 Å². The number of hydrogen-bond donors (Lipinski definition) is 4. The average molecular weight is 456 g/mol. The van der Waals surface area contributed by atoms with Crippen molar-refractivity contribution in [2.45, 2.75) is 37.8 Å². The van der Waals surface area contributed by atoms with Gasteiger partial charge in [-0.1, -0.05) is 12.8 Å². The fourth-order valence-corrected chi connectivity index (χ4v) is 3.90. The summed E-state index contributed by atoms with van der Waals surface area (Å²) in [6, 6.07) is 5.29. The molecule has 33 heavy (non-hydrogen) atoms. The second-order valence-corrected chi connectivity index (χ2v) is 7.99. The van der Waals surface area contributed by atoms with Crippen molar-refractivity contribution < 1.29 is 18.0 Å². The third-order valence-electron chi connectivity index (χ3n) is 5.62. The molecule has 0 saturated heterocycles. The lowest BCUT2D eigenvalue weighted by molar-refractivity contribution is 0.100. The fourth-order valence-electron chi connectivity index (χ4n) is 3.90. The zero-order valence-corrected chi connectivity index (χ0v) is 17.6. The van der Waals surface area contributed by atoms with Crippen LogP contribution in [0.25, 0.3) is 11.1 Å². The monoisotopic (exact) mass is 456 g/mol. The van der Waals surface area contributed by atoms with Gasteiger partial charge in [0.2, 0.25) is 0 Å². The molecule has 2 atom stereocenters. The first-order valence-corrected chi connectivity index (χ1v) is 10.5. The zero-order valence-electron chi connectivity index (χ0n) is 17.6. The van der Waals surface area contributed by atoms with Crippen molar-refractivity contribution in [2.75, 3.05) is 10.6 Å². The Hall–Kier alpha value is -3.66. The molecule has 3 aromatic rings. The van der Waals surface area contributed by atoms with Crippen molar-refractivity contribution in [2.24, 2.45) is 11.5 Å². The van der Waals surface area contributed by atoms with Gasteiger partial charge in [-0.05, 0) is 43.2 Å². The van der Waals surface area contributed by atoms with Crippen LogP contribution in [-0.4, -0.2) is 28.0 Å². The van der Waals surface area contributed by atoms with Crippen LogP contribution in [0.15, 0.2) is 42.7 Å². The molecule has 0 bridgehead atoms. The smallest absolute Gasteiger partial charge is 0.252 e. The van der Waals surface area contributed by atoms with E-state index in [9.17, 15) is 18.0 Å². The summed E-state index contributed by atoms with van der Waals surface area (Å²) in [5, 5.41) is 5.92. The number of hydrogen-bond acceptors (Lipinski definition) is 6. The maximum atomic E-state index is 14.7. The quantitative estimate of drug-likeness (QED) is 0.444. The molecule has 0 spiro atoms. The van der Waals surface area contributed by atoms with Crippen LogP contribution in [0, 0.1) is 17.5 Å². The van der Waals surface area contributed by atoms with Crippen molar-refractivity contribution in [3.63, 3.8) is 0 Å². The normalized spacial score (nSPS) is 18.1. The first-order chi connectivity index (χ1) is 15.8. The van der Waals surface area contributed by atoms with E-state index in [-0.39, 0.29) is 34.8 Å². The molecule has 7 nitrogen and oxygen atoms in total. The molecule has 2 heterocycles. The lowest BCUT2D eigenvalue weighted by Gasteiger charge is -2.30. The molecular weight excluding hydrogens is 433 g/mol. The van der Waals surface area contributed by atoms with Crippen molar-refractivity contribution in [1.29, 1.82) is 0 Å². The lowest BCUT2D eigenvalue weighted by atomic mass is 9.91. The maximum Gasteiger partial charge on any atom is 0.252 e. The fraction of sp³-hybridized carbons (Fsp3) is 0.261. The highest BCUT2D eigenvalue weighted by atomic mass is 19.1. The van der Waals surface area contributed by atoms with Crippen LogP contribution >= 0.6 is 0 Å². The Labute approximate surface area is 188 Å². The van der Waals surface area contributed by atoms with Gasteiger partial charge in [-0.15, -0.1) is 0 Å². The summed E-state index contributed by atoms with van der Waals surface area (Å²) in [5.41, 5.74) is 12.0. The number of aromatic nitrogens is 2. The highest BCUT2D eigenvalue weighted by molar-refractivity contribution is 5.98. The number of nitrogens with one attached hydrogen (secondary N) is 2. The maximum absolute atomic E-state index is 14.7. The van der Waals surface area contributed by atoms with E-state index < -0.39 is 23.4 Å². The molecular formula is C23H23F3N6O. The minimum Gasteiger partial charge on any atom is -0.365 e. The van der Waals surface area contributed by atoms with Crippen molar-refractivity contribution in [1.82, 2.24) is 9.97 Å². The van der Waals surface area contributed by atoms with Gasteiger partial charge in [-0.2, -0.15) is 0 Å². The van der Waals surface area contributed by atoms with Crippen LogP contribution in [0.1, 0.15) is 36.0 Å². The molecule has 6 N–H and O–H groups in total. The number of halogens is 3. The standard InChI is InChI=1S/C23H23F3N6O/c24-13-5-6-17(25)15(8-13)12-7-14(11-29-10-12)30-22-16(21(28)33)9-18(26)23(32-22)31-20-4-2-1-3-19(20)27/h5-11,19-20H,1-4,27H2,(H2,28,33)(H2,30,31,32)/t19?,20-/m1/s1. The minimum absolute atomic E-state index is 0.00514. The largest absolute Gasteiger partial charge is 0.365 e. The number of anilines is 3. The van der Waals surface area contributed by atoms with E-state index in [1.807, 2.05) is 0 Å². The van der Waals surface area contributed by atoms with E-state index in [4.69, 9.17) is 11.5 Å². The topological polar surface area (TPSA) is 119 Å². The zero-order chi connectivity index (χ0) is 23.5. The number of nitrogens with two attached hydrogens (primary N) is 2. The van der Waals surface area contributed by atoms with Crippen LogP contribution in [-0.2, 0) is 0 Å². The van der Waals surface area contributed by atoms with Crippen LogP contribution in [0.3, 0.4) is 0 Å². The van der Waals surface area contributed by atoms with Gasteiger partial charge in [0.05, 0.1) is 17.4 Å². The first-order valence-electron chi connectivity index (χ1n) is 10.5. The van der Waals surface area contributed by atoms with Gasteiger partial charge in [0.25, 0.3) is 5.91 Å². The molecule has 172 valence electrons. The predicted octanol–water partition coefficient (Wildman–Crippen LogP) is 4.09. The summed E-state index contributed by atoms with van der Waals surface area (Å²) in [6.07, 6.45) is 6.34. The van der Waals surface area contributed by atoms with E-state index in [1.165, 1.54) is 18.5 Å². The number of carbonyl (C=O) groups is 1. The second kappa shape index (κ2) is 9.45. The first kappa shape index (κ1) is 22.5. The Morgan fingerprint density at radius 1 is 1.00 bits per heavy atom. The number of benzene rings is 1. The minimum atomic E-state index is -0.884. The van der Waals surface area contributed by atoms with Gasteiger partial charge >= 0.3 is 0 Å². The Balaban J connectivity index is 1.67. The lowest BCUT2D eigenvalue weighted by Crippen LogP contribution is -2.43. The summed E-state index contributed by atoms with van der Waals surface area (Å²) in [5.74, 6) is -2.91. The Kier molecular flexibility index (Phi) is 6.45. The summed E-state index contributed by atoms with van der Waals surface area (Å²) < 4.78 is 42.5. The number of nitrogens with zero attached hydrogens (tertiary/aromatic N) is 2. The molecule has 1 fully saturated rings. The average Bonchev–Trinajstić information content (AvgIpc) is 2.79. The number of rotatable bonds is 6. The van der Waals surface area contributed by atoms with Gasteiger partial charge in [0, 0.05) is 29.4 Å². The molecule has 1 amide bonds. The molecule has 1 unspecified atom stereocenters. The van der Waals surface area contributed by atoms with Crippen molar-refractivity contribution >= 4 is 23.2 Å². The van der Waals surface area contributed by atoms with E-state index in [2.05, 4.69) is 20.6 Å². The van der Waals surface area contributed by atoms with E-state index in [1.54, 1.807) is 0 Å². The van der Waals surface area contributed by atoms with Crippen molar-refractivity contribution in [3.05, 3.63) is 65.7 Å². The van der Waals surface area contributed by atoms with Gasteiger partial charge in [-0.3, -0.25) is 9.78 Å². The molecule has 1 saturated carbocycles. The molecule has 0 aliphatic heterocycles. The Morgan fingerprint density at radius 2 is 1.79 bits per heavy atom. The summed E-state index contributed by atoms with van der Waals surface area (Å²) in [4.78, 5) is 20.2. The molecule has 1 aliphatic rings. The van der Waals surface area contributed by atoms with Gasteiger partial charge in [0.15, 0.2) is 11.6 Å². The van der Waals surface area contributed by atoms with Crippen LogP contribution in [0.4, 0.5) is 30.5 Å². The van der Waals surface area contributed by atoms with Crippen molar-refractivity contribution in [3.8, 4) is 11.1 Å². The Morgan fingerprint density at radius 3 is 2.55 bits per heavy atom. The Bertz CT molecular complexity index is 1190. The van der Waals surface area contributed by atoms with E-state index >= 15 is 0 Å².